The van der Waals surface area contributed by atoms with Crippen molar-refractivity contribution in [2.24, 2.45) is 5.73 Å². The lowest BCUT2D eigenvalue weighted by molar-refractivity contribution is 0.0995. The smallest absolute Gasteiger partial charge is 0.268 e. The maximum atomic E-state index is 11.3. The van der Waals surface area contributed by atoms with Gasteiger partial charge in [0.15, 0.2) is 0 Å². The van der Waals surface area contributed by atoms with Crippen LogP contribution in [0.3, 0.4) is 0 Å². The SMILES string of the molecule is C[C@@H]1CN(Cc2ccccc2)CCCN1c1cncc(C(N)=O)n1. The maximum absolute atomic E-state index is 11.3. The summed E-state index contributed by atoms with van der Waals surface area (Å²) < 4.78 is 0. The molecule has 1 aromatic heterocycles. The van der Waals surface area contributed by atoms with Gasteiger partial charge in [0.2, 0.25) is 0 Å². The highest BCUT2D eigenvalue weighted by Crippen LogP contribution is 2.19. The number of nitrogens with two attached hydrogens (primary N) is 1. The largest absolute Gasteiger partial charge is 0.364 e. The minimum Gasteiger partial charge on any atom is -0.364 e. The molecule has 1 aliphatic heterocycles. The van der Waals surface area contributed by atoms with Crippen molar-refractivity contribution in [3.63, 3.8) is 0 Å². The first-order valence-corrected chi connectivity index (χ1v) is 8.28. The van der Waals surface area contributed by atoms with Crippen LogP contribution in [-0.4, -0.2) is 46.5 Å². The van der Waals surface area contributed by atoms with E-state index in [1.807, 2.05) is 6.07 Å². The molecule has 1 aromatic carbocycles. The van der Waals surface area contributed by atoms with Gasteiger partial charge in [0, 0.05) is 32.2 Å². The lowest BCUT2D eigenvalue weighted by Gasteiger charge is -2.29. The molecule has 1 amide bonds. The molecule has 1 atom stereocenters. The van der Waals surface area contributed by atoms with E-state index in [9.17, 15) is 4.79 Å². The van der Waals surface area contributed by atoms with Gasteiger partial charge in [-0.05, 0) is 18.9 Å². The molecule has 0 bridgehead atoms. The van der Waals surface area contributed by atoms with Gasteiger partial charge in [-0.25, -0.2) is 4.98 Å². The Kier molecular flexibility index (Phi) is 5.05. The summed E-state index contributed by atoms with van der Waals surface area (Å²) in [5, 5.41) is 0. The van der Waals surface area contributed by atoms with Crippen LogP contribution in [0, 0.1) is 0 Å². The van der Waals surface area contributed by atoms with Crippen LogP contribution in [-0.2, 0) is 6.54 Å². The van der Waals surface area contributed by atoms with Gasteiger partial charge >= 0.3 is 0 Å². The molecule has 3 rings (SSSR count). The highest BCUT2D eigenvalue weighted by atomic mass is 16.1. The summed E-state index contributed by atoms with van der Waals surface area (Å²) in [7, 11) is 0. The van der Waals surface area contributed by atoms with E-state index in [1.54, 1.807) is 6.20 Å². The second kappa shape index (κ2) is 7.40. The zero-order chi connectivity index (χ0) is 16.9. The predicted octanol–water partition coefficient (Wildman–Crippen LogP) is 1.68. The Bertz CT molecular complexity index is 691. The third-order valence-corrected chi connectivity index (χ3v) is 4.35. The van der Waals surface area contributed by atoms with Crippen LogP contribution < -0.4 is 10.6 Å². The highest BCUT2D eigenvalue weighted by molar-refractivity contribution is 5.90. The zero-order valence-corrected chi connectivity index (χ0v) is 13.9. The standard InChI is InChI=1S/C18H23N5O/c1-14-12-22(13-15-6-3-2-4-7-15)8-5-9-23(14)17-11-20-10-16(21-17)18(19)24/h2-4,6-7,10-11,14H,5,8-9,12-13H2,1H3,(H2,19,24)/t14-/m1/s1. The number of hydrogen-bond acceptors (Lipinski definition) is 5. The van der Waals surface area contributed by atoms with Crippen molar-refractivity contribution in [3.05, 3.63) is 54.0 Å². The normalized spacial score (nSPS) is 19.0. The fourth-order valence-electron chi connectivity index (χ4n) is 3.19. The Labute approximate surface area is 142 Å². The number of rotatable bonds is 4. The maximum Gasteiger partial charge on any atom is 0.268 e. The second-order valence-electron chi connectivity index (χ2n) is 6.24. The number of hydrogen-bond donors (Lipinski definition) is 1. The van der Waals surface area contributed by atoms with Crippen molar-refractivity contribution in [1.82, 2.24) is 14.9 Å². The first-order chi connectivity index (χ1) is 11.6. The van der Waals surface area contributed by atoms with Gasteiger partial charge in [-0.2, -0.15) is 0 Å². The average Bonchev–Trinajstić information content (AvgIpc) is 2.77. The molecule has 126 valence electrons. The highest BCUT2D eigenvalue weighted by Gasteiger charge is 2.23. The van der Waals surface area contributed by atoms with Crippen LogP contribution in [0.15, 0.2) is 42.7 Å². The summed E-state index contributed by atoms with van der Waals surface area (Å²) >= 11 is 0. The van der Waals surface area contributed by atoms with E-state index in [0.717, 1.165) is 38.4 Å². The number of carbonyl (C=O) groups excluding carboxylic acids is 1. The first kappa shape index (κ1) is 16.4. The van der Waals surface area contributed by atoms with E-state index in [0.29, 0.717) is 0 Å². The fourth-order valence-corrected chi connectivity index (χ4v) is 3.19. The zero-order valence-electron chi connectivity index (χ0n) is 13.9. The molecule has 0 unspecified atom stereocenters. The molecule has 2 aromatic rings. The number of carbonyl (C=O) groups is 1. The lowest BCUT2D eigenvalue weighted by atomic mass is 10.2. The minimum absolute atomic E-state index is 0.213. The molecule has 1 saturated heterocycles. The summed E-state index contributed by atoms with van der Waals surface area (Å²) in [4.78, 5) is 24.5. The van der Waals surface area contributed by atoms with Crippen LogP contribution in [0.1, 0.15) is 29.4 Å². The Morgan fingerprint density at radius 2 is 2.04 bits per heavy atom. The molecule has 24 heavy (non-hydrogen) atoms. The fraction of sp³-hybridized carbons (Fsp3) is 0.389. The van der Waals surface area contributed by atoms with Gasteiger partial charge in [0.05, 0.1) is 12.4 Å². The number of benzene rings is 1. The molecular formula is C18H23N5O. The molecule has 2 N–H and O–H groups in total. The minimum atomic E-state index is -0.544. The van der Waals surface area contributed by atoms with Crippen molar-refractivity contribution >= 4 is 11.7 Å². The molecule has 0 saturated carbocycles. The van der Waals surface area contributed by atoms with E-state index in [1.165, 1.54) is 11.8 Å². The van der Waals surface area contributed by atoms with Crippen LogP contribution in [0.25, 0.3) is 0 Å². The first-order valence-electron chi connectivity index (χ1n) is 8.28. The van der Waals surface area contributed by atoms with Crippen LogP contribution >= 0.6 is 0 Å². The topological polar surface area (TPSA) is 75.3 Å². The average molecular weight is 325 g/mol. The van der Waals surface area contributed by atoms with Crippen molar-refractivity contribution in [3.8, 4) is 0 Å². The third kappa shape index (κ3) is 3.89. The van der Waals surface area contributed by atoms with E-state index in [2.05, 4.69) is 51.0 Å². The van der Waals surface area contributed by atoms with E-state index in [4.69, 9.17) is 5.73 Å². The molecule has 0 spiro atoms. The molecule has 1 fully saturated rings. The number of aromatic nitrogens is 2. The quantitative estimate of drug-likeness (QED) is 0.925. The van der Waals surface area contributed by atoms with Crippen LogP contribution in [0.4, 0.5) is 5.82 Å². The van der Waals surface area contributed by atoms with Crippen molar-refractivity contribution in [1.29, 1.82) is 0 Å². The number of anilines is 1. The van der Waals surface area contributed by atoms with Gasteiger partial charge in [0.1, 0.15) is 11.5 Å². The summed E-state index contributed by atoms with van der Waals surface area (Å²) in [5.74, 6) is 0.179. The van der Waals surface area contributed by atoms with Crippen molar-refractivity contribution in [2.75, 3.05) is 24.5 Å². The van der Waals surface area contributed by atoms with Gasteiger partial charge < -0.3 is 10.6 Å². The molecule has 6 nitrogen and oxygen atoms in total. The van der Waals surface area contributed by atoms with Gasteiger partial charge in [-0.15, -0.1) is 0 Å². The van der Waals surface area contributed by atoms with Crippen molar-refractivity contribution in [2.45, 2.75) is 25.9 Å². The lowest BCUT2D eigenvalue weighted by Crippen LogP contribution is -2.39. The van der Waals surface area contributed by atoms with Crippen LogP contribution in [0.5, 0.6) is 0 Å². The number of primary amides is 1. The Balaban J connectivity index is 1.71. The van der Waals surface area contributed by atoms with Crippen LogP contribution in [0.2, 0.25) is 0 Å². The van der Waals surface area contributed by atoms with E-state index >= 15 is 0 Å². The van der Waals surface area contributed by atoms with Gasteiger partial charge in [-0.1, -0.05) is 30.3 Å². The van der Waals surface area contributed by atoms with Crippen molar-refractivity contribution < 1.29 is 4.79 Å². The Morgan fingerprint density at radius 3 is 2.79 bits per heavy atom. The predicted molar refractivity (Wildman–Crippen MR) is 93.7 cm³/mol. The molecule has 6 heteroatoms. The molecule has 2 heterocycles. The second-order valence-corrected chi connectivity index (χ2v) is 6.24. The Morgan fingerprint density at radius 1 is 1.25 bits per heavy atom. The molecular weight excluding hydrogens is 302 g/mol. The molecule has 1 aliphatic rings. The Hall–Kier alpha value is -2.47. The number of nitrogens with zero attached hydrogens (tertiary/aromatic N) is 4. The summed E-state index contributed by atoms with van der Waals surface area (Å²) in [6.45, 7) is 6.01. The van der Waals surface area contributed by atoms with E-state index in [-0.39, 0.29) is 11.7 Å². The summed E-state index contributed by atoms with van der Waals surface area (Å²) in [6, 6.07) is 10.8. The van der Waals surface area contributed by atoms with Gasteiger partial charge in [-0.3, -0.25) is 14.7 Å². The molecule has 0 radical (unpaired) electrons. The third-order valence-electron chi connectivity index (χ3n) is 4.35. The van der Waals surface area contributed by atoms with E-state index < -0.39 is 5.91 Å². The number of amides is 1. The van der Waals surface area contributed by atoms with Gasteiger partial charge in [0.25, 0.3) is 5.91 Å². The summed E-state index contributed by atoms with van der Waals surface area (Å²) in [6.07, 6.45) is 4.16. The molecule has 0 aliphatic carbocycles. The monoisotopic (exact) mass is 325 g/mol. The summed E-state index contributed by atoms with van der Waals surface area (Å²) in [5.41, 5.74) is 6.86.